The first-order valence-electron chi connectivity index (χ1n) is 9.97. The van der Waals surface area contributed by atoms with Crippen LogP contribution in [-0.2, 0) is 14.4 Å². The van der Waals surface area contributed by atoms with Gasteiger partial charge < -0.3 is 15.1 Å². The third-order valence-corrected chi connectivity index (χ3v) is 4.89. The molecule has 1 aromatic rings. The number of piperazine rings is 1. The van der Waals surface area contributed by atoms with E-state index in [0.29, 0.717) is 12.5 Å². The first-order valence-corrected chi connectivity index (χ1v) is 9.97. The van der Waals surface area contributed by atoms with Gasteiger partial charge in [-0.1, -0.05) is 25.1 Å². The van der Waals surface area contributed by atoms with Crippen LogP contribution in [0.2, 0.25) is 0 Å². The zero-order valence-corrected chi connectivity index (χ0v) is 17.7. The maximum atomic E-state index is 12.4. The van der Waals surface area contributed by atoms with Gasteiger partial charge in [-0.15, -0.1) is 0 Å². The van der Waals surface area contributed by atoms with Gasteiger partial charge in [0.15, 0.2) is 0 Å². The average molecular weight is 408 g/mol. The molecule has 1 unspecified atom stereocenters. The van der Waals surface area contributed by atoms with E-state index in [9.17, 15) is 4.79 Å². The number of carboxylic acid groups (broad SMARTS) is 2. The minimum atomic E-state index is -1.82. The Labute approximate surface area is 172 Å². The molecule has 1 saturated heterocycles. The summed E-state index contributed by atoms with van der Waals surface area (Å²) < 4.78 is 0. The van der Waals surface area contributed by atoms with Crippen LogP contribution < -0.4 is 4.90 Å². The number of para-hydroxylation sites is 1. The number of hydrogen-bond donors (Lipinski definition) is 2. The molecule has 1 heterocycles. The van der Waals surface area contributed by atoms with Crippen molar-refractivity contribution in [2.24, 2.45) is 0 Å². The Morgan fingerprint density at radius 3 is 1.90 bits per heavy atom. The lowest BCUT2D eigenvalue weighted by Crippen LogP contribution is -2.53. The molecule has 1 fully saturated rings. The van der Waals surface area contributed by atoms with Gasteiger partial charge in [0.1, 0.15) is 0 Å². The lowest BCUT2D eigenvalue weighted by Gasteiger charge is -2.39. The Balaban J connectivity index is 0.000000612. The van der Waals surface area contributed by atoms with Crippen molar-refractivity contribution in [2.45, 2.75) is 46.2 Å². The molecular formula is C21H33N3O5. The number of aliphatic carboxylic acids is 2. The first kappa shape index (κ1) is 24.6. The molecule has 1 aliphatic rings. The Morgan fingerprint density at radius 2 is 1.48 bits per heavy atom. The monoisotopic (exact) mass is 407 g/mol. The molecule has 1 aliphatic heterocycles. The van der Waals surface area contributed by atoms with Crippen LogP contribution in [0, 0.1) is 0 Å². The van der Waals surface area contributed by atoms with Crippen molar-refractivity contribution < 1.29 is 24.6 Å². The highest BCUT2D eigenvalue weighted by atomic mass is 16.4. The number of carboxylic acids is 2. The number of rotatable bonds is 6. The van der Waals surface area contributed by atoms with Gasteiger partial charge in [0, 0.05) is 56.9 Å². The fourth-order valence-corrected chi connectivity index (χ4v) is 3.32. The van der Waals surface area contributed by atoms with E-state index in [0.717, 1.165) is 38.4 Å². The van der Waals surface area contributed by atoms with Gasteiger partial charge in [-0.2, -0.15) is 0 Å². The van der Waals surface area contributed by atoms with Crippen molar-refractivity contribution in [3.63, 3.8) is 0 Å². The van der Waals surface area contributed by atoms with Crippen LogP contribution >= 0.6 is 0 Å². The summed E-state index contributed by atoms with van der Waals surface area (Å²) in [4.78, 5) is 37.6. The third kappa shape index (κ3) is 8.21. The summed E-state index contributed by atoms with van der Waals surface area (Å²) in [6.45, 7) is 14.0. The predicted octanol–water partition coefficient (Wildman–Crippen LogP) is 2.00. The molecule has 0 radical (unpaired) electrons. The molecule has 8 heteroatoms. The molecule has 0 spiro atoms. The van der Waals surface area contributed by atoms with E-state index in [1.165, 1.54) is 0 Å². The standard InChI is InChI=1S/C19H31N3O.C2H2O4/c1-5-19(23)22(18-9-7-6-8-10-18)17(4)15-20-11-13-21(14-12-20)16(2)3;3-1(4)2(5)6/h6-10,16-17H,5,11-15H2,1-4H3;(H,3,4)(H,5,6). The van der Waals surface area contributed by atoms with E-state index in [-0.39, 0.29) is 11.9 Å². The second-order valence-electron chi connectivity index (χ2n) is 7.34. The summed E-state index contributed by atoms with van der Waals surface area (Å²) in [6, 6.07) is 10.9. The van der Waals surface area contributed by atoms with E-state index in [1.807, 2.05) is 42.2 Å². The van der Waals surface area contributed by atoms with E-state index < -0.39 is 11.9 Å². The number of anilines is 1. The largest absolute Gasteiger partial charge is 0.473 e. The van der Waals surface area contributed by atoms with Crippen molar-refractivity contribution in [3.8, 4) is 0 Å². The summed E-state index contributed by atoms with van der Waals surface area (Å²) in [5.74, 6) is -3.45. The lowest BCUT2D eigenvalue weighted by molar-refractivity contribution is -0.159. The number of nitrogens with zero attached hydrogens (tertiary/aromatic N) is 3. The minimum Gasteiger partial charge on any atom is -0.473 e. The van der Waals surface area contributed by atoms with E-state index in [2.05, 4.69) is 30.6 Å². The number of carbonyl (C=O) groups is 3. The highest BCUT2D eigenvalue weighted by molar-refractivity contribution is 6.27. The van der Waals surface area contributed by atoms with E-state index in [1.54, 1.807) is 0 Å². The molecule has 0 bridgehead atoms. The molecule has 1 amide bonds. The zero-order valence-electron chi connectivity index (χ0n) is 17.7. The summed E-state index contributed by atoms with van der Waals surface area (Å²) in [6.07, 6.45) is 0.542. The Hall–Kier alpha value is -2.45. The number of hydrogen-bond acceptors (Lipinski definition) is 5. The highest BCUT2D eigenvalue weighted by Gasteiger charge is 2.25. The quantitative estimate of drug-likeness (QED) is 0.696. The summed E-state index contributed by atoms with van der Waals surface area (Å²) in [5, 5.41) is 14.8. The summed E-state index contributed by atoms with van der Waals surface area (Å²) in [7, 11) is 0. The molecular weight excluding hydrogens is 374 g/mol. The van der Waals surface area contributed by atoms with Crippen molar-refractivity contribution in [1.82, 2.24) is 9.80 Å². The van der Waals surface area contributed by atoms with E-state index in [4.69, 9.17) is 19.8 Å². The zero-order chi connectivity index (χ0) is 22.0. The van der Waals surface area contributed by atoms with Gasteiger partial charge in [0.25, 0.3) is 0 Å². The van der Waals surface area contributed by atoms with Gasteiger partial charge in [-0.3, -0.25) is 14.6 Å². The van der Waals surface area contributed by atoms with E-state index >= 15 is 0 Å². The number of benzene rings is 1. The van der Waals surface area contributed by atoms with Crippen LogP contribution in [-0.4, -0.2) is 82.7 Å². The van der Waals surface area contributed by atoms with Gasteiger partial charge in [-0.25, -0.2) is 9.59 Å². The molecule has 2 N–H and O–H groups in total. The fraction of sp³-hybridized carbons (Fsp3) is 0.571. The fourth-order valence-electron chi connectivity index (χ4n) is 3.32. The molecule has 0 aromatic heterocycles. The number of carbonyl (C=O) groups excluding carboxylic acids is 1. The van der Waals surface area contributed by atoms with Crippen LogP contribution in [0.25, 0.3) is 0 Å². The molecule has 29 heavy (non-hydrogen) atoms. The van der Waals surface area contributed by atoms with Crippen molar-refractivity contribution in [1.29, 1.82) is 0 Å². The normalized spacial score (nSPS) is 15.9. The molecule has 8 nitrogen and oxygen atoms in total. The number of amides is 1. The maximum absolute atomic E-state index is 12.4. The molecule has 0 saturated carbocycles. The molecule has 162 valence electrons. The topological polar surface area (TPSA) is 101 Å². The van der Waals surface area contributed by atoms with Gasteiger partial charge in [-0.05, 0) is 32.9 Å². The Morgan fingerprint density at radius 1 is 0.966 bits per heavy atom. The lowest BCUT2D eigenvalue weighted by atomic mass is 10.1. The van der Waals surface area contributed by atoms with Crippen molar-refractivity contribution >= 4 is 23.5 Å². The maximum Gasteiger partial charge on any atom is 0.414 e. The van der Waals surface area contributed by atoms with Gasteiger partial charge in [0.05, 0.1) is 0 Å². The van der Waals surface area contributed by atoms with Crippen LogP contribution in [0.4, 0.5) is 5.69 Å². The smallest absolute Gasteiger partial charge is 0.414 e. The molecule has 2 rings (SSSR count). The van der Waals surface area contributed by atoms with Gasteiger partial charge >= 0.3 is 11.9 Å². The molecule has 1 atom stereocenters. The Kier molecular flexibility index (Phi) is 10.3. The molecule has 1 aromatic carbocycles. The SMILES string of the molecule is CCC(=O)N(c1ccccc1)C(C)CN1CCN(C(C)C)CC1.O=C(O)C(=O)O. The third-order valence-electron chi connectivity index (χ3n) is 4.89. The van der Waals surface area contributed by atoms with Crippen molar-refractivity contribution in [2.75, 3.05) is 37.6 Å². The second kappa shape index (κ2) is 12.2. The van der Waals surface area contributed by atoms with Crippen molar-refractivity contribution in [3.05, 3.63) is 30.3 Å². The summed E-state index contributed by atoms with van der Waals surface area (Å²) >= 11 is 0. The van der Waals surface area contributed by atoms with Gasteiger partial charge in [0.2, 0.25) is 5.91 Å². The second-order valence-corrected chi connectivity index (χ2v) is 7.34. The first-order chi connectivity index (χ1) is 13.7. The highest BCUT2D eigenvalue weighted by Crippen LogP contribution is 2.19. The predicted molar refractivity (Wildman–Crippen MR) is 112 cm³/mol. The molecule has 0 aliphatic carbocycles. The van der Waals surface area contributed by atoms with Crippen LogP contribution in [0.15, 0.2) is 30.3 Å². The van der Waals surface area contributed by atoms with Crippen LogP contribution in [0.3, 0.4) is 0 Å². The Bertz CT molecular complexity index is 646. The minimum absolute atomic E-state index is 0.190. The van der Waals surface area contributed by atoms with Crippen LogP contribution in [0.5, 0.6) is 0 Å². The summed E-state index contributed by atoms with van der Waals surface area (Å²) in [5.41, 5.74) is 1.01. The average Bonchev–Trinajstić information content (AvgIpc) is 2.69. The van der Waals surface area contributed by atoms with Crippen LogP contribution in [0.1, 0.15) is 34.1 Å².